The van der Waals surface area contributed by atoms with Crippen LogP contribution in [0.4, 0.5) is 0 Å². The van der Waals surface area contributed by atoms with Crippen molar-refractivity contribution >= 4 is 21.4 Å². The van der Waals surface area contributed by atoms with Crippen molar-refractivity contribution in [1.29, 1.82) is 0 Å². The average Bonchev–Trinajstić information content (AvgIpc) is 2.62. The molecule has 0 aliphatic carbocycles. The molecule has 0 fully saturated rings. The fraction of sp³-hybridized carbons (Fsp3) is 0.667. The van der Waals surface area contributed by atoms with Crippen molar-refractivity contribution < 1.29 is 8.42 Å². The molecule has 1 rings (SSSR count). The van der Waals surface area contributed by atoms with Crippen LogP contribution >= 0.6 is 11.3 Å². The molecule has 1 heterocycles. The minimum absolute atomic E-state index is 0.101. The van der Waals surface area contributed by atoms with Gasteiger partial charge in [0.2, 0.25) is 10.0 Å². The maximum atomic E-state index is 11.5. The molecule has 0 saturated carbocycles. The molecule has 0 saturated heterocycles. The zero-order valence-electron chi connectivity index (χ0n) is 9.49. The number of hydrogen-bond donors (Lipinski definition) is 2. The summed E-state index contributed by atoms with van der Waals surface area (Å²) in [5, 5.41) is 5.78. The molecule has 1 aromatic rings. The number of nitrogens with one attached hydrogen (secondary N) is 2. The van der Waals surface area contributed by atoms with E-state index in [0.29, 0.717) is 6.54 Å². The summed E-state index contributed by atoms with van der Waals surface area (Å²) in [6.07, 6.45) is 0. The Hall–Kier alpha value is -0.500. The van der Waals surface area contributed by atoms with E-state index in [0.717, 1.165) is 17.2 Å². The first kappa shape index (κ1) is 13.6. The summed E-state index contributed by atoms with van der Waals surface area (Å²) < 4.78 is 25.5. The molecule has 7 heteroatoms. The van der Waals surface area contributed by atoms with E-state index in [2.05, 4.69) is 15.0 Å². The van der Waals surface area contributed by atoms with Crippen molar-refractivity contribution in [3.63, 3.8) is 0 Å². The molecule has 0 aromatic carbocycles. The van der Waals surface area contributed by atoms with Crippen molar-refractivity contribution in [2.24, 2.45) is 0 Å². The largest absolute Gasteiger partial charge is 0.316 e. The first-order valence-corrected chi connectivity index (χ1v) is 7.66. The van der Waals surface area contributed by atoms with Crippen LogP contribution in [-0.2, 0) is 16.6 Å². The molecule has 16 heavy (non-hydrogen) atoms. The maximum absolute atomic E-state index is 11.5. The standard InChI is InChI=1S/C9H17N3O2S2/c1-3-10-4-5-16(13,14)11-6-9-7-15-8(2)12-9/h7,10-11H,3-6H2,1-2H3. The molecule has 5 nitrogen and oxygen atoms in total. The second-order valence-electron chi connectivity index (χ2n) is 3.35. The lowest BCUT2D eigenvalue weighted by Gasteiger charge is -2.05. The van der Waals surface area contributed by atoms with Gasteiger partial charge in [-0.25, -0.2) is 18.1 Å². The molecule has 92 valence electrons. The van der Waals surface area contributed by atoms with E-state index in [4.69, 9.17) is 0 Å². The van der Waals surface area contributed by atoms with Gasteiger partial charge in [-0.2, -0.15) is 0 Å². The Morgan fingerprint density at radius 1 is 1.50 bits per heavy atom. The normalized spacial score (nSPS) is 11.9. The van der Waals surface area contributed by atoms with Crippen LogP contribution in [0.1, 0.15) is 17.6 Å². The highest BCUT2D eigenvalue weighted by atomic mass is 32.2. The fourth-order valence-corrected chi connectivity index (χ4v) is 2.67. The molecule has 0 aliphatic heterocycles. The molecule has 0 unspecified atom stereocenters. The summed E-state index contributed by atoms with van der Waals surface area (Å²) in [6.45, 7) is 5.37. The van der Waals surface area contributed by atoms with E-state index in [1.807, 2.05) is 19.2 Å². The van der Waals surface area contributed by atoms with Crippen molar-refractivity contribution in [2.45, 2.75) is 20.4 Å². The Kier molecular flexibility index (Phi) is 5.33. The van der Waals surface area contributed by atoms with E-state index >= 15 is 0 Å². The topological polar surface area (TPSA) is 71.1 Å². The molecule has 2 N–H and O–H groups in total. The molecule has 0 radical (unpaired) electrons. The fourth-order valence-electron chi connectivity index (χ4n) is 1.13. The minimum Gasteiger partial charge on any atom is -0.316 e. The molecule has 0 spiro atoms. The van der Waals surface area contributed by atoms with Gasteiger partial charge in [0, 0.05) is 11.9 Å². The van der Waals surface area contributed by atoms with Crippen LogP contribution in [0.15, 0.2) is 5.38 Å². The quantitative estimate of drug-likeness (QED) is 0.702. The van der Waals surface area contributed by atoms with Gasteiger partial charge in [0.15, 0.2) is 0 Å². The summed E-state index contributed by atoms with van der Waals surface area (Å²) in [5.41, 5.74) is 0.773. The predicted octanol–water partition coefficient (Wildman–Crippen LogP) is 0.480. The summed E-state index contributed by atoms with van der Waals surface area (Å²) in [5.74, 6) is 0.101. The lowest BCUT2D eigenvalue weighted by atomic mass is 10.5. The van der Waals surface area contributed by atoms with Crippen molar-refractivity contribution in [2.75, 3.05) is 18.8 Å². The van der Waals surface area contributed by atoms with Gasteiger partial charge < -0.3 is 5.32 Å². The SMILES string of the molecule is CCNCCS(=O)(=O)NCc1csc(C)n1. The number of aromatic nitrogens is 1. The number of hydrogen-bond acceptors (Lipinski definition) is 5. The Morgan fingerprint density at radius 3 is 2.81 bits per heavy atom. The molecule has 1 aromatic heterocycles. The van der Waals surface area contributed by atoms with Gasteiger partial charge in [0.1, 0.15) is 0 Å². The predicted molar refractivity (Wildman–Crippen MR) is 66.0 cm³/mol. The summed E-state index contributed by atoms with van der Waals surface area (Å²) in [6, 6.07) is 0. The third-order valence-corrected chi connectivity index (χ3v) is 4.09. The van der Waals surface area contributed by atoms with Gasteiger partial charge in [-0.05, 0) is 13.5 Å². The number of nitrogens with zero attached hydrogens (tertiary/aromatic N) is 1. The highest BCUT2D eigenvalue weighted by molar-refractivity contribution is 7.89. The minimum atomic E-state index is -3.19. The highest BCUT2D eigenvalue weighted by Crippen LogP contribution is 2.07. The second-order valence-corrected chi connectivity index (χ2v) is 6.34. The third kappa shape index (κ3) is 5.02. The van der Waals surface area contributed by atoms with Crippen LogP contribution < -0.4 is 10.0 Å². The van der Waals surface area contributed by atoms with Crippen molar-refractivity contribution in [1.82, 2.24) is 15.0 Å². The Morgan fingerprint density at radius 2 is 2.25 bits per heavy atom. The maximum Gasteiger partial charge on any atom is 0.213 e. The highest BCUT2D eigenvalue weighted by Gasteiger charge is 2.09. The van der Waals surface area contributed by atoms with Crippen LogP contribution in [-0.4, -0.2) is 32.2 Å². The van der Waals surface area contributed by atoms with E-state index in [1.165, 1.54) is 11.3 Å². The third-order valence-electron chi connectivity index (χ3n) is 1.94. The van der Waals surface area contributed by atoms with E-state index < -0.39 is 10.0 Å². The Labute approximate surface area is 100 Å². The van der Waals surface area contributed by atoms with Crippen LogP contribution in [0.5, 0.6) is 0 Å². The Balaban J connectivity index is 2.36. The van der Waals surface area contributed by atoms with Crippen molar-refractivity contribution in [3.05, 3.63) is 16.1 Å². The van der Waals surface area contributed by atoms with E-state index in [9.17, 15) is 8.42 Å². The van der Waals surface area contributed by atoms with Gasteiger partial charge in [-0.1, -0.05) is 6.92 Å². The van der Waals surface area contributed by atoms with E-state index in [1.54, 1.807) is 0 Å². The molecule has 0 bridgehead atoms. The lowest BCUT2D eigenvalue weighted by molar-refractivity contribution is 0.576. The van der Waals surface area contributed by atoms with Gasteiger partial charge in [0.05, 0.1) is 23.0 Å². The summed E-state index contributed by atoms with van der Waals surface area (Å²) in [7, 11) is -3.19. The van der Waals surface area contributed by atoms with Gasteiger partial charge in [-0.3, -0.25) is 0 Å². The molecule has 0 amide bonds. The molecular formula is C9H17N3O2S2. The summed E-state index contributed by atoms with van der Waals surface area (Å²) in [4.78, 5) is 4.19. The number of rotatable bonds is 7. The number of sulfonamides is 1. The zero-order chi connectivity index (χ0) is 12.0. The zero-order valence-corrected chi connectivity index (χ0v) is 11.1. The summed E-state index contributed by atoms with van der Waals surface area (Å²) >= 11 is 1.52. The first-order valence-electron chi connectivity index (χ1n) is 5.12. The van der Waals surface area contributed by atoms with Gasteiger partial charge in [0.25, 0.3) is 0 Å². The Bertz CT molecular complexity index is 414. The van der Waals surface area contributed by atoms with Gasteiger partial charge >= 0.3 is 0 Å². The van der Waals surface area contributed by atoms with E-state index in [-0.39, 0.29) is 12.3 Å². The van der Waals surface area contributed by atoms with Crippen LogP contribution in [0.25, 0.3) is 0 Å². The van der Waals surface area contributed by atoms with Crippen LogP contribution in [0.2, 0.25) is 0 Å². The van der Waals surface area contributed by atoms with Gasteiger partial charge in [-0.15, -0.1) is 11.3 Å². The molecular weight excluding hydrogens is 246 g/mol. The number of aryl methyl sites for hydroxylation is 1. The monoisotopic (exact) mass is 263 g/mol. The molecule has 0 atom stereocenters. The molecule has 0 aliphatic rings. The van der Waals surface area contributed by atoms with Crippen LogP contribution in [0, 0.1) is 6.92 Å². The lowest BCUT2D eigenvalue weighted by Crippen LogP contribution is -2.31. The first-order chi connectivity index (χ1) is 7.53. The number of thiazole rings is 1. The van der Waals surface area contributed by atoms with Crippen LogP contribution in [0.3, 0.4) is 0 Å². The smallest absolute Gasteiger partial charge is 0.213 e. The van der Waals surface area contributed by atoms with Crippen molar-refractivity contribution in [3.8, 4) is 0 Å². The second kappa shape index (κ2) is 6.29. The average molecular weight is 263 g/mol.